The maximum atomic E-state index is 13.0. The van der Waals surface area contributed by atoms with Gasteiger partial charge < -0.3 is 14.0 Å². The molecule has 0 spiro atoms. The number of imidazole rings is 1. The van der Waals surface area contributed by atoms with E-state index in [4.69, 9.17) is 19.7 Å². The van der Waals surface area contributed by atoms with Crippen LogP contribution in [0.25, 0.3) is 11.0 Å². The van der Waals surface area contributed by atoms with Crippen LogP contribution in [-0.4, -0.2) is 67.5 Å². The molecule has 0 saturated carbocycles. The molecule has 2 heterocycles. The number of benzene rings is 1. The second-order valence-electron chi connectivity index (χ2n) is 6.87. The Labute approximate surface area is 182 Å². The predicted molar refractivity (Wildman–Crippen MR) is 116 cm³/mol. The number of sulfonamides is 1. The number of aromatic nitrogens is 2. The Morgan fingerprint density at radius 3 is 2.83 bits per heavy atom. The molecule has 0 aliphatic carbocycles. The molecule has 1 aromatic heterocycles. The van der Waals surface area contributed by atoms with Crippen molar-refractivity contribution in [2.24, 2.45) is 0 Å². The highest BCUT2D eigenvalue weighted by Gasteiger charge is 2.27. The molecule has 0 N–H and O–H groups in total. The molecule has 1 fully saturated rings. The van der Waals surface area contributed by atoms with E-state index >= 15 is 0 Å². The lowest BCUT2D eigenvalue weighted by atomic mass is 10.3. The highest BCUT2D eigenvalue weighted by molar-refractivity contribution is 7.99. The molecule has 1 aliphatic rings. The van der Waals surface area contributed by atoms with E-state index in [2.05, 4.69) is 10.6 Å². The van der Waals surface area contributed by atoms with Crippen LogP contribution >= 0.6 is 11.8 Å². The Kier molecular flexibility index (Phi) is 8.53. The van der Waals surface area contributed by atoms with Crippen LogP contribution in [0.1, 0.15) is 26.2 Å². The summed E-state index contributed by atoms with van der Waals surface area (Å²) in [6.07, 6.45) is 2.15. The average molecular weight is 453 g/mol. The van der Waals surface area contributed by atoms with Crippen LogP contribution in [0, 0.1) is 11.3 Å². The van der Waals surface area contributed by atoms with Gasteiger partial charge in [0, 0.05) is 45.0 Å². The second-order valence-corrected chi connectivity index (χ2v) is 9.87. The maximum absolute atomic E-state index is 13.0. The van der Waals surface area contributed by atoms with E-state index in [-0.39, 0.29) is 4.90 Å². The van der Waals surface area contributed by atoms with E-state index in [1.807, 2.05) is 13.0 Å². The molecule has 3 rings (SSSR count). The normalized spacial score (nSPS) is 15.5. The summed E-state index contributed by atoms with van der Waals surface area (Å²) in [4.78, 5) is 4.98. The number of hydrogen-bond acceptors (Lipinski definition) is 7. The lowest BCUT2D eigenvalue weighted by Gasteiger charge is -2.26. The molecule has 8 nitrogen and oxygen atoms in total. The van der Waals surface area contributed by atoms with Gasteiger partial charge in [-0.25, -0.2) is 13.4 Å². The lowest BCUT2D eigenvalue weighted by Crippen LogP contribution is -2.40. The van der Waals surface area contributed by atoms with Gasteiger partial charge in [-0.2, -0.15) is 9.57 Å². The van der Waals surface area contributed by atoms with E-state index in [9.17, 15) is 8.42 Å². The number of ether oxygens (including phenoxy) is 2. The van der Waals surface area contributed by atoms with E-state index in [0.29, 0.717) is 51.5 Å². The molecule has 1 aliphatic heterocycles. The van der Waals surface area contributed by atoms with Crippen LogP contribution in [0.2, 0.25) is 0 Å². The standard InChI is InChI=1S/C20H28N4O4S2/c1-2-27-12-5-9-24-19-7-6-17(30(25,26)23-10-13-28-14-11-23)16-18(19)22-20(24)29-15-4-3-8-21/h6-7,16H,2-5,9-15H2,1H3. The number of nitriles is 1. The molecular formula is C20H28N4O4S2. The summed E-state index contributed by atoms with van der Waals surface area (Å²) < 4.78 is 40.3. The first-order valence-electron chi connectivity index (χ1n) is 10.2. The van der Waals surface area contributed by atoms with E-state index < -0.39 is 10.0 Å². The number of rotatable bonds is 11. The van der Waals surface area contributed by atoms with Gasteiger partial charge >= 0.3 is 0 Å². The van der Waals surface area contributed by atoms with E-state index in [1.54, 1.807) is 23.9 Å². The summed E-state index contributed by atoms with van der Waals surface area (Å²) in [5, 5.41) is 9.60. The topological polar surface area (TPSA) is 97.4 Å². The Balaban J connectivity index is 1.87. The van der Waals surface area contributed by atoms with Gasteiger partial charge in [-0.15, -0.1) is 0 Å². The van der Waals surface area contributed by atoms with Gasteiger partial charge in [0.1, 0.15) is 0 Å². The molecular weight excluding hydrogens is 424 g/mol. The van der Waals surface area contributed by atoms with Gasteiger partial charge in [-0.1, -0.05) is 11.8 Å². The first-order chi connectivity index (χ1) is 14.6. The molecule has 0 radical (unpaired) electrons. The number of fused-ring (bicyclic) bond motifs is 1. The fraction of sp³-hybridized carbons (Fsp3) is 0.600. The zero-order chi connectivity index (χ0) is 21.4. The van der Waals surface area contributed by atoms with Crippen molar-refractivity contribution in [1.29, 1.82) is 5.26 Å². The van der Waals surface area contributed by atoms with Gasteiger partial charge in [0.25, 0.3) is 0 Å². The highest BCUT2D eigenvalue weighted by Crippen LogP contribution is 2.28. The number of morpholine rings is 1. The molecule has 0 bridgehead atoms. The highest BCUT2D eigenvalue weighted by atomic mass is 32.2. The van der Waals surface area contributed by atoms with Crippen LogP contribution in [-0.2, 0) is 26.0 Å². The molecule has 10 heteroatoms. The zero-order valence-corrected chi connectivity index (χ0v) is 18.9. The van der Waals surface area contributed by atoms with Gasteiger partial charge in [-0.05, 0) is 38.0 Å². The zero-order valence-electron chi connectivity index (χ0n) is 17.2. The smallest absolute Gasteiger partial charge is 0.243 e. The second kappa shape index (κ2) is 11.1. The number of aryl methyl sites for hydroxylation is 1. The summed E-state index contributed by atoms with van der Waals surface area (Å²) >= 11 is 1.60. The minimum atomic E-state index is -3.56. The Morgan fingerprint density at radius 1 is 1.30 bits per heavy atom. The molecule has 1 aromatic carbocycles. The fourth-order valence-corrected chi connectivity index (χ4v) is 5.70. The average Bonchev–Trinajstić information content (AvgIpc) is 3.11. The van der Waals surface area contributed by atoms with Crippen molar-refractivity contribution in [2.45, 2.75) is 42.8 Å². The van der Waals surface area contributed by atoms with Crippen LogP contribution in [0.4, 0.5) is 0 Å². The minimum absolute atomic E-state index is 0.261. The van der Waals surface area contributed by atoms with E-state index in [1.165, 1.54) is 4.31 Å². The van der Waals surface area contributed by atoms with Crippen molar-refractivity contribution in [2.75, 3.05) is 45.3 Å². The number of thioether (sulfide) groups is 1. The molecule has 30 heavy (non-hydrogen) atoms. The van der Waals surface area contributed by atoms with Crippen LogP contribution in [0.5, 0.6) is 0 Å². The summed E-state index contributed by atoms with van der Waals surface area (Å²) in [5.74, 6) is 0.793. The largest absolute Gasteiger partial charge is 0.382 e. The van der Waals surface area contributed by atoms with Gasteiger partial charge in [-0.3, -0.25) is 0 Å². The quantitative estimate of drug-likeness (QED) is 0.382. The maximum Gasteiger partial charge on any atom is 0.243 e. The van der Waals surface area contributed by atoms with Crippen molar-refractivity contribution < 1.29 is 17.9 Å². The Morgan fingerprint density at radius 2 is 2.10 bits per heavy atom. The molecule has 0 amide bonds. The SMILES string of the molecule is CCOCCCn1c(SCCCC#N)nc2cc(S(=O)(=O)N3CCOCC3)ccc21. The number of nitrogens with zero attached hydrogens (tertiary/aromatic N) is 4. The minimum Gasteiger partial charge on any atom is -0.382 e. The summed E-state index contributed by atoms with van der Waals surface area (Å²) in [5.41, 5.74) is 1.58. The number of hydrogen-bond donors (Lipinski definition) is 0. The van der Waals surface area contributed by atoms with Crippen LogP contribution < -0.4 is 0 Å². The molecule has 2 aromatic rings. The molecule has 0 atom stereocenters. The lowest BCUT2D eigenvalue weighted by molar-refractivity contribution is 0.0730. The molecule has 1 saturated heterocycles. The van der Waals surface area contributed by atoms with E-state index in [0.717, 1.165) is 35.8 Å². The third-order valence-corrected chi connectivity index (χ3v) is 7.79. The van der Waals surface area contributed by atoms with Crippen LogP contribution in [0.15, 0.2) is 28.3 Å². The fourth-order valence-electron chi connectivity index (χ4n) is 3.29. The summed E-state index contributed by atoms with van der Waals surface area (Å²) in [7, 11) is -3.56. The first-order valence-corrected chi connectivity index (χ1v) is 12.7. The third-order valence-electron chi connectivity index (χ3n) is 4.83. The van der Waals surface area contributed by atoms with Crippen LogP contribution in [0.3, 0.4) is 0 Å². The predicted octanol–water partition coefficient (Wildman–Crippen LogP) is 2.88. The summed E-state index contributed by atoms with van der Waals surface area (Å²) in [6, 6.07) is 7.33. The third kappa shape index (κ3) is 5.53. The Hall–Kier alpha value is -1.64. The van der Waals surface area contributed by atoms with Crippen molar-refractivity contribution in [1.82, 2.24) is 13.9 Å². The van der Waals surface area contributed by atoms with Crippen molar-refractivity contribution in [3.8, 4) is 6.07 Å². The Bertz CT molecular complexity index is 979. The van der Waals surface area contributed by atoms with Crippen molar-refractivity contribution in [3.63, 3.8) is 0 Å². The monoisotopic (exact) mass is 452 g/mol. The van der Waals surface area contributed by atoms with Gasteiger partial charge in [0.05, 0.1) is 35.2 Å². The first kappa shape index (κ1) is 23.0. The van der Waals surface area contributed by atoms with Gasteiger partial charge in [0.15, 0.2) is 5.16 Å². The number of unbranched alkanes of at least 4 members (excludes halogenated alkanes) is 1. The molecule has 0 unspecified atom stereocenters. The van der Waals surface area contributed by atoms with Gasteiger partial charge in [0.2, 0.25) is 10.0 Å². The van der Waals surface area contributed by atoms with Crippen molar-refractivity contribution >= 4 is 32.8 Å². The molecule has 164 valence electrons. The van der Waals surface area contributed by atoms with Crippen molar-refractivity contribution in [3.05, 3.63) is 18.2 Å². The summed E-state index contributed by atoms with van der Waals surface area (Å²) in [6.45, 7) is 5.63.